The summed E-state index contributed by atoms with van der Waals surface area (Å²) >= 11 is 0. The second-order valence-corrected chi connectivity index (χ2v) is 6.52. The first-order chi connectivity index (χ1) is 12.1. The van der Waals surface area contributed by atoms with Crippen LogP contribution in [0.5, 0.6) is 0 Å². The highest BCUT2D eigenvalue weighted by molar-refractivity contribution is 6.14. The highest BCUT2D eigenvalue weighted by Crippen LogP contribution is 2.28. The van der Waals surface area contributed by atoms with Crippen molar-refractivity contribution in [2.75, 3.05) is 11.9 Å². The maximum absolute atomic E-state index is 12.2. The number of aromatic nitrogens is 1. The van der Waals surface area contributed by atoms with Crippen LogP contribution in [0.25, 0.3) is 5.57 Å². The number of aliphatic imine (C=N–C) groups is 1. The molecular weight excluding hydrogens is 316 g/mol. The Morgan fingerprint density at radius 2 is 2.28 bits per heavy atom. The molecular formula is C18H26N6O. The van der Waals surface area contributed by atoms with Gasteiger partial charge in [-0.15, -0.1) is 0 Å². The zero-order chi connectivity index (χ0) is 17.8. The molecule has 2 heterocycles. The monoisotopic (exact) mass is 342 g/mol. The molecule has 7 nitrogen and oxygen atoms in total. The van der Waals surface area contributed by atoms with Gasteiger partial charge in [0.1, 0.15) is 5.82 Å². The van der Waals surface area contributed by atoms with Crippen molar-refractivity contribution in [3.05, 3.63) is 29.1 Å². The van der Waals surface area contributed by atoms with Crippen LogP contribution in [0.4, 0.5) is 5.82 Å². The number of rotatable bonds is 5. The number of anilines is 1. The summed E-state index contributed by atoms with van der Waals surface area (Å²) in [5.41, 5.74) is 14.7. The van der Waals surface area contributed by atoms with Gasteiger partial charge < -0.3 is 22.1 Å². The minimum Gasteiger partial charge on any atom is -0.404 e. The fourth-order valence-electron chi connectivity index (χ4n) is 3.44. The SMILES string of the molecule is CCN=CC(=CN)c1nc(NC2CCCCC2N)cc2c1C(=O)NC2. The molecule has 3 rings (SSSR count). The fraction of sp³-hybridized carbons (Fsp3) is 0.500. The van der Waals surface area contributed by atoms with Gasteiger partial charge in [-0.25, -0.2) is 4.98 Å². The minimum atomic E-state index is -0.123. The molecule has 0 bridgehead atoms. The van der Waals surface area contributed by atoms with Crippen molar-refractivity contribution >= 4 is 23.5 Å². The Morgan fingerprint density at radius 3 is 3.00 bits per heavy atom. The quantitative estimate of drug-likeness (QED) is 0.603. The number of hydrogen-bond donors (Lipinski definition) is 4. The lowest BCUT2D eigenvalue weighted by Gasteiger charge is -2.30. The second kappa shape index (κ2) is 7.65. The summed E-state index contributed by atoms with van der Waals surface area (Å²) < 4.78 is 0. The molecule has 25 heavy (non-hydrogen) atoms. The van der Waals surface area contributed by atoms with Crippen molar-refractivity contribution in [1.82, 2.24) is 10.3 Å². The third kappa shape index (κ3) is 3.66. The fourth-order valence-corrected chi connectivity index (χ4v) is 3.44. The largest absolute Gasteiger partial charge is 0.404 e. The lowest BCUT2D eigenvalue weighted by atomic mass is 9.91. The molecule has 1 aromatic heterocycles. The maximum Gasteiger partial charge on any atom is 0.254 e. The van der Waals surface area contributed by atoms with E-state index in [1.165, 1.54) is 19.0 Å². The molecule has 2 atom stereocenters. The lowest BCUT2D eigenvalue weighted by Crippen LogP contribution is -2.42. The Hall–Kier alpha value is -2.41. The van der Waals surface area contributed by atoms with E-state index in [9.17, 15) is 4.79 Å². The van der Waals surface area contributed by atoms with Crippen molar-refractivity contribution in [3.8, 4) is 0 Å². The second-order valence-electron chi connectivity index (χ2n) is 6.52. The van der Waals surface area contributed by atoms with E-state index in [4.69, 9.17) is 11.5 Å². The zero-order valence-electron chi connectivity index (χ0n) is 14.6. The van der Waals surface area contributed by atoms with E-state index in [1.54, 1.807) is 6.21 Å². The highest BCUT2D eigenvalue weighted by Gasteiger charge is 2.28. The predicted octanol–water partition coefficient (Wildman–Crippen LogP) is 1.40. The first-order valence-corrected chi connectivity index (χ1v) is 8.90. The van der Waals surface area contributed by atoms with E-state index in [2.05, 4.69) is 20.6 Å². The van der Waals surface area contributed by atoms with E-state index < -0.39 is 0 Å². The van der Waals surface area contributed by atoms with Crippen LogP contribution in [0.3, 0.4) is 0 Å². The Bertz CT molecular complexity index is 712. The van der Waals surface area contributed by atoms with Crippen LogP contribution in [-0.4, -0.2) is 35.7 Å². The maximum atomic E-state index is 12.2. The number of carbonyl (C=O) groups is 1. The topological polar surface area (TPSA) is 118 Å². The van der Waals surface area contributed by atoms with Crippen molar-refractivity contribution in [2.45, 2.75) is 51.2 Å². The minimum absolute atomic E-state index is 0.123. The normalized spacial score (nSPS) is 23.6. The summed E-state index contributed by atoms with van der Waals surface area (Å²) in [6.07, 6.45) is 7.51. The van der Waals surface area contributed by atoms with Gasteiger partial charge in [-0.2, -0.15) is 0 Å². The van der Waals surface area contributed by atoms with E-state index in [1.807, 2.05) is 13.0 Å². The molecule has 0 aromatic carbocycles. The molecule has 0 saturated heterocycles. The molecule has 1 aliphatic heterocycles. The number of allylic oxidation sites excluding steroid dienone is 1. The standard InChI is InChI=1S/C18H26N6O/c1-2-21-9-12(8-19)17-16-11(10-22-18(16)25)7-15(24-17)23-14-6-4-3-5-13(14)20/h7-9,13-14H,2-6,10,19-20H2,1H3,(H,22,25)(H,23,24). The number of nitrogens with one attached hydrogen (secondary N) is 2. The molecule has 2 unspecified atom stereocenters. The molecule has 0 spiro atoms. The summed E-state index contributed by atoms with van der Waals surface area (Å²) in [6.45, 7) is 3.08. The Labute approximate surface area is 148 Å². The van der Waals surface area contributed by atoms with Crippen molar-refractivity contribution in [3.63, 3.8) is 0 Å². The van der Waals surface area contributed by atoms with Crippen LogP contribution in [0.1, 0.15) is 54.2 Å². The molecule has 1 fully saturated rings. The van der Waals surface area contributed by atoms with Crippen LogP contribution < -0.4 is 22.1 Å². The van der Waals surface area contributed by atoms with E-state index in [0.717, 1.165) is 24.2 Å². The highest BCUT2D eigenvalue weighted by atomic mass is 16.1. The van der Waals surface area contributed by atoms with Gasteiger partial charge in [-0.1, -0.05) is 12.8 Å². The van der Waals surface area contributed by atoms with Gasteiger partial charge >= 0.3 is 0 Å². The number of amides is 1. The molecule has 7 heteroatoms. The number of carbonyl (C=O) groups excluding carboxylic acids is 1. The van der Waals surface area contributed by atoms with E-state index in [0.29, 0.717) is 29.9 Å². The molecule has 1 aromatic rings. The number of hydrogen-bond acceptors (Lipinski definition) is 6. The molecule has 2 aliphatic rings. The van der Waals surface area contributed by atoms with Gasteiger partial charge in [0.15, 0.2) is 0 Å². The lowest BCUT2D eigenvalue weighted by molar-refractivity contribution is 0.0965. The Kier molecular flexibility index (Phi) is 5.33. The molecule has 1 aliphatic carbocycles. The van der Waals surface area contributed by atoms with Crippen molar-refractivity contribution in [1.29, 1.82) is 0 Å². The third-order valence-electron chi connectivity index (χ3n) is 4.79. The van der Waals surface area contributed by atoms with E-state index in [-0.39, 0.29) is 18.0 Å². The molecule has 1 saturated carbocycles. The first-order valence-electron chi connectivity index (χ1n) is 8.90. The Balaban J connectivity index is 1.97. The summed E-state index contributed by atoms with van der Waals surface area (Å²) in [6, 6.07) is 2.26. The van der Waals surface area contributed by atoms with Crippen molar-refractivity contribution in [2.24, 2.45) is 16.5 Å². The van der Waals surface area contributed by atoms with Crippen LogP contribution in [-0.2, 0) is 6.54 Å². The smallest absolute Gasteiger partial charge is 0.254 e. The van der Waals surface area contributed by atoms with Gasteiger partial charge in [0, 0.05) is 43.2 Å². The van der Waals surface area contributed by atoms with Gasteiger partial charge in [0.2, 0.25) is 0 Å². The van der Waals surface area contributed by atoms with Gasteiger partial charge in [0.25, 0.3) is 5.91 Å². The summed E-state index contributed by atoms with van der Waals surface area (Å²) in [4.78, 5) is 21.2. The van der Waals surface area contributed by atoms with Crippen LogP contribution in [0.2, 0.25) is 0 Å². The number of fused-ring (bicyclic) bond motifs is 1. The third-order valence-corrected chi connectivity index (χ3v) is 4.79. The average molecular weight is 342 g/mol. The molecule has 6 N–H and O–H groups in total. The van der Waals surface area contributed by atoms with Crippen LogP contribution in [0.15, 0.2) is 17.3 Å². The predicted molar refractivity (Wildman–Crippen MR) is 100 cm³/mol. The first kappa shape index (κ1) is 17.4. The van der Waals surface area contributed by atoms with Gasteiger partial charge in [0.05, 0.1) is 11.3 Å². The number of nitrogens with two attached hydrogens (primary N) is 2. The molecule has 0 radical (unpaired) electrons. The molecule has 134 valence electrons. The Morgan fingerprint density at radius 1 is 1.48 bits per heavy atom. The summed E-state index contributed by atoms with van der Waals surface area (Å²) in [5.74, 6) is 0.611. The number of nitrogens with zero attached hydrogens (tertiary/aromatic N) is 2. The zero-order valence-corrected chi connectivity index (χ0v) is 14.6. The number of pyridine rings is 1. The van der Waals surface area contributed by atoms with E-state index >= 15 is 0 Å². The average Bonchev–Trinajstić information content (AvgIpc) is 2.98. The van der Waals surface area contributed by atoms with Crippen LogP contribution >= 0.6 is 0 Å². The molecule has 1 amide bonds. The van der Waals surface area contributed by atoms with Crippen molar-refractivity contribution < 1.29 is 4.79 Å². The summed E-state index contributed by atoms with van der Waals surface area (Å²) in [7, 11) is 0. The van der Waals surface area contributed by atoms with Gasteiger partial charge in [-0.05, 0) is 31.4 Å². The summed E-state index contributed by atoms with van der Waals surface area (Å²) in [5, 5.41) is 6.32. The van der Waals surface area contributed by atoms with Gasteiger partial charge in [-0.3, -0.25) is 9.79 Å². The van der Waals surface area contributed by atoms with Crippen LogP contribution in [0, 0.1) is 0 Å².